The molecule has 2 aromatic rings. The van der Waals surface area contributed by atoms with Crippen molar-refractivity contribution in [1.29, 1.82) is 0 Å². The summed E-state index contributed by atoms with van der Waals surface area (Å²) in [4.78, 5) is 12.1. The minimum Gasteiger partial charge on any atom is -0.287 e. The predicted octanol–water partition coefficient (Wildman–Crippen LogP) is 1.99. The molecule has 1 amide bonds. The molecule has 3 nitrogen and oxygen atoms in total. The summed E-state index contributed by atoms with van der Waals surface area (Å²) in [5, 5.41) is 4.54. The lowest BCUT2D eigenvalue weighted by Crippen LogP contribution is -2.37. The minimum absolute atomic E-state index is 0.117. The Morgan fingerprint density at radius 1 is 1.05 bits per heavy atom. The second kappa shape index (κ2) is 4.71. The van der Waals surface area contributed by atoms with Gasteiger partial charge in [0.2, 0.25) is 0 Å². The SMILES string of the molecule is C=CCNNC(=O)c1cccc2c1=c1ccccc1=2. The molecule has 1 aliphatic rings. The molecular formula is C16H14N2O. The molecule has 94 valence electrons. The van der Waals surface area contributed by atoms with Gasteiger partial charge in [-0.05, 0) is 21.7 Å². The Kier molecular flexibility index (Phi) is 2.89. The number of hydrogen-bond acceptors (Lipinski definition) is 2. The summed E-state index contributed by atoms with van der Waals surface area (Å²) in [5.74, 6) is -0.117. The lowest BCUT2D eigenvalue weighted by molar-refractivity contribution is 0.0934. The predicted molar refractivity (Wildman–Crippen MR) is 73.9 cm³/mol. The molecule has 2 N–H and O–H groups in total. The molecule has 2 aromatic carbocycles. The fourth-order valence-corrected chi connectivity index (χ4v) is 2.40. The van der Waals surface area contributed by atoms with Crippen LogP contribution < -0.4 is 10.9 Å². The van der Waals surface area contributed by atoms with Gasteiger partial charge in [0.15, 0.2) is 0 Å². The molecule has 1 aliphatic carbocycles. The van der Waals surface area contributed by atoms with Gasteiger partial charge in [0.1, 0.15) is 0 Å². The lowest BCUT2D eigenvalue weighted by Gasteiger charge is -2.10. The van der Waals surface area contributed by atoms with E-state index in [1.54, 1.807) is 6.08 Å². The van der Waals surface area contributed by atoms with Crippen molar-refractivity contribution >= 4 is 5.91 Å². The molecule has 19 heavy (non-hydrogen) atoms. The monoisotopic (exact) mass is 250 g/mol. The van der Waals surface area contributed by atoms with Crippen LogP contribution in [0.4, 0.5) is 0 Å². The van der Waals surface area contributed by atoms with Crippen molar-refractivity contribution in [2.45, 2.75) is 0 Å². The molecule has 0 unspecified atom stereocenters. The second-order valence-corrected chi connectivity index (χ2v) is 4.40. The molecule has 3 heteroatoms. The third-order valence-corrected chi connectivity index (χ3v) is 3.24. The topological polar surface area (TPSA) is 41.1 Å². The van der Waals surface area contributed by atoms with E-state index in [1.165, 1.54) is 5.22 Å². The summed E-state index contributed by atoms with van der Waals surface area (Å²) in [5.41, 5.74) is 6.18. The van der Waals surface area contributed by atoms with Crippen LogP contribution in [-0.4, -0.2) is 12.5 Å². The van der Waals surface area contributed by atoms with Crippen LogP contribution in [0.15, 0.2) is 55.1 Å². The van der Waals surface area contributed by atoms with Gasteiger partial charge in [0, 0.05) is 17.3 Å². The third-order valence-electron chi connectivity index (χ3n) is 3.24. The summed E-state index contributed by atoms with van der Waals surface area (Å²) >= 11 is 0. The highest BCUT2D eigenvalue weighted by Crippen LogP contribution is 2.16. The van der Waals surface area contributed by atoms with Crippen LogP contribution >= 0.6 is 0 Å². The van der Waals surface area contributed by atoms with Gasteiger partial charge in [-0.2, -0.15) is 0 Å². The fraction of sp³-hybridized carbons (Fsp3) is 0.0625. The summed E-state index contributed by atoms with van der Waals surface area (Å²) < 4.78 is 0. The van der Waals surface area contributed by atoms with Crippen LogP contribution in [0.25, 0.3) is 0 Å². The maximum atomic E-state index is 12.1. The number of fused-ring (bicyclic) bond motifs is 2. The van der Waals surface area contributed by atoms with Crippen molar-refractivity contribution in [3.05, 3.63) is 81.6 Å². The average molecular weight is 250 g/mol. The molecule has 0 radical (unpaired) electrons. The van der Waals surface area contributed by atoms with Gasteiger partial charge in [-0.25, -0.2) is 5.43 Å². The molecule has 0 saturated carbocycles. The Hall–Kier alpha value is -2.39. The first-order valence-electron chi connectivity index (χ1n) is 6.20. The average Bonchev–Trinajstić information content (AvgIpc) is 2.44. The van der Waals surface area contributed by atoms with E-state index in [9.17, 15) is 4.79 Å². The van der Waals surface area contributed by atoms with E-state index in [1.807, 2.05) is 36.4 Å². The Labute approximate surface area is 110 Å². The molecule has 0 heterocycles. The number of rotatable bonds is 4. The van der Waals surface area contributed by atoms with Crippen molar-refractivity contribution < 1.29 is 4.79 Å². The summed E-state index contributed by atoms with van der Waals surface area (Å²) in [7, 11) is 0. The fourth-order valence-electron chi connectivity index (χ4n) is 2.40. The summed E-state index contributed by atoms with van der Waals surface area (Å²) in [6, 6.07) is 13.9. The van der Waals surface area contributed by atoms with Gasteiger partial charge in [-0.15, -0.1) is 6.58 Å². The lowest BCUT2D eigenvalue weighted by atomic mass is 9.97. The van der Waals surface area contributed by atoms with Gasteiger partial charge in [-0.3, -0.25) is 10.2 Å². The van der Waals surface area contributed by atoms with Crippen LogP contribution in [0.3, 0.4) is 0 Å². The number of hydrogen-bond donors (Lipinski definition) is 2. The number of carbonyl (C=O) groups is 1. The smallest absolute Gasteiger partial charge is 0.266 e. The molecule has 0 aromatic heterocycles. The zero-order chi connectivity index (χ0) is 13.2. The third kappa shape index (κ3) is 1.84. The highest BCUT2D eigenvalue weighted by molar-refractivity contribution is 5.94. The van der Waals surface area contributed by atoms with Crippen molar-refractivity contribution in [1.82, 2.24) is 10.9 Å². The van der Waals surface area contributed by atoms with E-state index in [-0.39, 0.29) is 5.91 Å². The van der Waals surface area contributed by atoms with Crippen LogP contribution in [0.5, 0.6) is 0 Å². The number of nitrogens with one attached hydrogen (secondary N) is 2. The summed E-state index contributed by atoms with van der Waals surface area (Å²) in [6.45, 7) is 4.13. The van der Waals surface area contributed by atoms with Crippen molar-refractivity contribution in [2.24, 2.45) is 0 Å². The Morgan fingerprint density at radius 2 is 1.79 bits per heavy atom. The van der Waals surface area contributed by atoms with Crippen molar-refractivity contribution in [2.75, 3.05) is 6.54 Å². The normalized spacial score (nSPS) is 10.9. The molecule has 0 spiro atoms. The molecule has 0 bridgehead atoms. The quantitative estimate of drug-likeness (QED) is 0.422. The van der Waals surface area contributed by atoms with Gasteiger partial charge in [-0.1, -0.05) is 42.5 Å². The van der Waals surface area contributed by atoms with Crippen LogP contribution in [0.1, 0.15) is 10.4 Å². The first-order chi connectivity index (χ1) is 9.33. The number of benzene rings is 2. The van der Waals surface area contributed by atoms with Crippen molar-refractivity contribution in [3.63, 3.8) is 0 Å². The summed E-state index contributed by atoms with van der Waals surface area (Å²) in [6.07, 6.45) is 1.69. The largest absolute Gasteiger partial charge is 0.287 e. The first-order valence-corrected chi connectivity index (χ1v) is 6.20. The zero-order valence-corrected chi connectivity index (χ0v) is 10.4. The molecule has 0 fully saturated rings. The second-order valence-electron chi connectivity index (χ2n) is 4.40. The molecule has 0 saturated heterocycles. The van der Waals surface area contributed by atoms with E-state index >= 15 is 0 Å². The highest BCUT2D eigenvalue weighted by atomic mass is 16.2. The van der Waals surface area contributed by atoms with E-state index in [0.717, 1.165) is 15.7 Å². The minimum atomic E-state index is -0.117. The van der Waals surface area contributed by atoms with Crippen LogP contribution in [0, 0.1) is 20.9 Å². The van der Waals surface area contributed by atoms with E-state index in [4.69, 9.17) is 0 Å². The zero-order valence-electron chi connectivity index (χ0n) is 10.4. The molecule has 3 rings (SSSR count). The van der Waals surface area contributed by atoms with Crippen molar-refractivity contribution in [3.8, 4) is 0 Å². The Bertz CT molecular complexity index is 840. The number of amides is 1. The first kappa shape index (κ1) is 11.7. The van der Waals surface area contributed by atoms with Gasteiger partial charge in [0.25, 0.3) is 5.91 Å². The molecular weight excluding hydrogens is 236 g/mol. The van der Waals surface area contributed by atoms with Gasteiger partial charge in [0.05, 0.1) is 0 Å². The van der Waals surface area contributed by atoms with Crippen LogP contribution in [-0.2, 0) is 0 Å². The molecule has 0 aliphatic heterocycles. The van der Waals surface area contributed by atoms with E-state index < -0.39 is 0 Å². The highest BCUT2D eigenvalue weighted by Gasteiger charge is 2.11. The molecule has 0 atom stereocenters. The Balaban J connectivity index is 2.07. The standard InChI is InChI=1S/C16H14N2O/c1-2-10-17-18-16(19)14-9-5-8-13-11-6-3-4-7-12(11)15(13)14/h2-9,17H,1,10H2,(H,18,19). The van der Waals surface area contributed by atoms with Gasteiger partial charge >= 0.3 is 0 Å². The Morgan fingerprint density at radius 3 is 2.58 bits per heavy atom. The maximum absolute atomic E-state index is 12.1. The number of hydrazine groups is 1. The van der Waals surface area contributed by atoms with E-state index in [0.29, 0.717) is 12.1 Å². The number of carbonyl (C=O) groups excluding carboxylic acids is 1. The van der Waals surface area contributed by atoms with Gasteiger partial charge < -0.3 is 0 Å². The maximum Gasteiger partial charge on any atom is 0.266 e. The van der Waals surface area contributed by atoms with E-state index in [2.05, 4.69) is 23.5 Å². The van der Waals surface area contributed by atoms with Crippen LogP contribution in [0.2, 0.25) is 0 Å².